The molecule has 0 radical (unpaired) electrons. The molecule has 108 valence electrons. The summed E-state index contributed by atoms with van der Waals surface area (Å²) in [6, 6.07) is 3.87. The Morgan fingerprint density at radius 1 is 1.45 bits per heavy atom. The standard InChI is InChI=1S/C13H16N2O5/c1-19-9-2-3-10(12(16)17)11(6-9)15-13(18)14-8-4-5-20-7-8/h2-3,6,8H,4-5,7H2,1H3,(H,16,17)(H2,14,15,18). The highest BCUT2D eigenvalue weighted by atomic mass is 16.5. The molecular weight excluding hydrogens is 264 g/mol. The van der Waals surface area contributed by atoms with Gasteiger partial charge in [0, 0.05) is 12.7 Å². The summed E-state index contributed by atoms with van der Waals surface area (Å²) in [5, 5.41) is 14.3. The highest BCUT2D eigenvalue weighted by Crippen LogP contribution is 2.22. The van der Waals surface area contributed by atoms with E-state index in [4.69, 9.17) is 14.6 Å². The fourth-order valence-electron chi connectivity index (χ4n) is 1.93. The second-order valence-electron chi connectivity index (χ2n) is 4.38. The van der Waals surface area contributed by atoms with E-state index in [1.807, 2.05) is 0 Å². The molecule has 1 saturated heterocycles. The SMILES string of the molecule is COc1ccc(C(=O)O)c(NC(=O)NC2CCOC2)c1. The number of hydrogen-bond donors (Lipinski definition) is 3. The first-order valence-corrected chi connectivity index (χ1v) is 6.16. The van der Waals surface area contributed by atoms with Crippen LogP contribution < -0.4 is 15.4 Å². The van der Waals surface area contributed by atoms with Crippen LogP contribution in [0.5, 0.6) is 5.75 Å². The number of rotatable bonds is 4. The van der Waals surface area contributed by atoms with Gasteiger partial charge in [-0.3, -0.25) is 0 Å². The molecule has 20 heavy (non-hydrogen) atoms. The van der Waals surface area contributed by atoms with E-state index in [2.05, 4.69) is 10.6 Å². The van der Waals surface area contributed by atoms with Gasteiger partial charge in [0.25, 0.3) is 0 Å². The van der Waals surface area contributed by atoms with E-state index in [9.17, 15) is 9.59 Å². The molecule has 0 bridgehead atoms. The Morgan fingerprint density at radius 2 is 2.25 bits per heavy atom. The van der Waals surface area contributed by atoms with Crippen LogP contribution in [-0.4, -0.2) is 43.5 Å². The molecule has 2 amide bonds. The van der Waals surface area contributed by atoms with Crippen LogP contribution in [0.4, 0.5) is 10.5 Å². The smallest absolute Gasteiger partial charge is 0.337 e. The van der Waals surface area contributed by atoms with Crippen molar-refractivity contribution in [2.24, 2.45) is 0 Å². The minimum Gasteiger partial charge on any atom is -0.497 e. The van der Waals surface area contributed by atoms with Crippen molar-refractivity contribution in [1.29, 1.82) is 0 Å². The predicted octanol–water partition coefficient (Wildman–Crippen LogP) is 1.30. The summed E-state index contributed by atoms with van der Waals surface area (Å²) in [5.74, 6) is -0.651. The average Bonchev–Trinajstić information content (AvgIpc) is 2.90. The van der Waals surface area contributed by atoms with Crippen LogP contribution in [0.1, 0.15) is 16.8 Å². The van der Waals surface area contributed by atoms with Crippen molar-refractivity contribution in [3.63, 3.8) is 0 Å². The van der Waals surface area contributed by atoms with E-state index in [1.165, 1.54) is 25.3 Å². The van der Waals surface area contributed by atoms with E-state index >= 15 is 0 Å². The van der Waals surface area contributed by atoms with Gasteiger partial charge in [0.05, 0.1) is 31.0 Å². The summed E-state index contributed by atoms with van der Waals surface area (Å²) in [5.41, 5.74) is 0.192. The molecule has 2 rings (SSSR count). The molecule has 1 aromatic carbocycles. The summed E-state index contributed by atoms with van der Waals surface area (Å²) >= 11 is 0. The number of carbonyl (C=O) groups excluding carboxylic acids is 1. The maximum atomic E-state index is 11.8. The van der Waals surface area contributed by atoms with Crippen molar-refractivity contribution in [2.75, 3.05) is 25.6 Å². The normalized spacial score (nSPS) is 17.6. The van der Waals surface area contributed by atoms with Gasteiger partial charge in [0.1, 0.15) is 5.75 Å². The monoisotopic (exact) mass is 280 g/mol. The molecule has 3 N–H and O–H groups in total. The van der Waals surface area contributed by atoms with Gasteiger partial charge in [0.2, 0.25) is 0 Å². The van der Waals surface area contributed by atoms with Gasteiger partial charge in [-0.2, -0.15) is 0 Å². The van der Waals surface area contributed by atoms with Crippen molar-refractivity contribution in [3.8, 4) is 5.75 Å². The second kappa shape index (κ2) is 6.25. The van der Waals surface area contributed by atoms with E-state index in [0.717, 1.165) is 6.42 Å². The molecule has 1 fully saturated rings. The third-order valence-electron chi connectivity index (χ3n) is 2.97. The number of nitrogens with one attached hydrogen (secondary N) is 2. The number of hydrogen-bond acceptors (Lipinski definition) is 4. The zero-order chi connectivity index (χ0) is 14.5. The Kier molecular flexibility index (Phi) is 4.41. The lowest BCUT2D eigenvalue weighted by molar-refractivity contribution is 0.0698. The van der Waals surface area contributed by atoms with Gasteiger partial charge in [-0.1, -0.05) is 0 Å². The molecule has 1 aromatic rings. The molecule has 1 heterocycles. The number of amides is 2. The van der Waals surface area contributed by atoms with Crippen LogP contribution in [0.25, 0.3) is 0 Å². The van der Waals surface area contributed by atoms with Gasteiger partial charge < -0.3 is 25.2 Å². The van der Waals surface area contributed by atoms with Crippen LogP contribution >= 0.6 is 0 Å². The highest BCUT2D eigenvalue weighted by molar-refractivity contribution is 6.00. The number of methoxy groups -OCH3 is 1. The summed E-state index contributed by atoms with van der Waals surface area (Å²) in [4.78, 5) is 22.9. The maximum absolute atomic E-state index is 11.8. The van der Waals surface area contributed by atoms with Gasteiger partial charge >= 0.3 is 12.0 Å². The number of ether oxygens (including phenoxy) is 2. The Labute approximate surface area is 115 Å². The third-order valence-corrected chi connectivity index (χ3v) is 2.97. The van der Waals surface area contributed by atoms with E-state index < -0.39 is 12.0 Å². The summed E-state index contributed by atoms with van der Waals surface area (Å²) < 4.78 is 10.2. The van der Waals surface area contributed by atoms with Gasteiger partial charge in [-0.15, -0.1) is 0 Å². The average molecular weight is 280 g/mol. The zero-order valence-corrected chi connectivity index (χ0v) is 11.0. The van der Waals surface area contributed by atoms with Crippen LogP contribution in [0.2, 0.25) is 0 Å². The van der Waals surface area contributed by atoms with Crippen LogP contribution in [0.3, 0.4) is 0 Å². The van der Waals surface area contributed by atoms with Crippen molar-refractivity contribution in [1.82, 2.24) is 5.32 Å². The first-order valence-electron chi connectivity index (χ1n) is 6.16. The van der Waals surface area contributed by atoms with Crippen LogP contribution in [0, 0.1) is 0 Å². The van der Waals surface area contributed by atoms with Crippen molar-refractivity contribution < 1.29 is 24.2 Å². The molecule has 7 heteroatoms. The van der Waals surface area contributed by atoms with E-state index in [-0.39, 0.29) is 17.3 Å². The highest BCUT2D eigenvalue weighted by Gasteiger charge is 2.19. The molecule has 7 nitrogen and oxygen atoms in total. The zero-order valence-electron chi connectivity index (χ0n) is 11.0. The van der Waals surface area contributed by atoms with Gasteiger partial charge in [-0.25, -0.2) is 9.59 Å². The van der Waals surface area contributed by atoms with Crippen molar-refractivity contribution >= 4 is 17.7 Å². The van der Waals surface area contributed by atoms with Crippen LogP contribution in [-0.2, 0) is 4.74 Å². The van der Waals surface area contributed by atoms with Crippen molar-refractivity contribution in [2.45, 2.75) is 12.5 Å². The molecular formula is C13H16N2O5. The Hall–Kier alpha value is -2.28. The fraction of sp³-hybridized carbons (Fsp3) is 0.385. The molecule has 1 aliphatic rings. The lowest BCUT2D eigenvalue weighted by Crippen LogP contribution is -2.38. The first-order chi connectivity index (χ1) is 9.60. The first kappa shape index (κ1) is 14.1. The quantitative estimate of drug-likeness (QED) is 0.772. The Balaban J connectivity index is 2.09. The number of urea groups is 1. The summed E-state index contributed by atoms with van der Waals surface area (Å²) in [6.07, 6.45) is 0.747. The molecule has 0 aliphatic carbocycles. The molecule has 1 unspecified atom stereocenters. The number of anilines is 1. The van der Waals surface area contributed by atoms with E-state index in [0.29, 0.717) is 19.0 Å². The second-order valence-corrected chi connectivity index (χ2v) is 4.38. The maximum Gasteiger partial charge on any atom is 0.337 e. The van der Waals surface area contributed by atoms with Crippen LogP contribution in [0.15, 0.2) is 18.2 Å². The summed E-state index contributed by atoms with van der Waals surface area (Å²) in [7, 11) is 1.47. The minimum absolute atomic E-state index is 0.00335. The summed E-state index contributed by atoms with van der Waals surface area (Å²) in [6.45, 7) is 1.09. The number of carbonyl (C=O) groups is 2. The van der Waals surface area contributed by atoms with Crippen molar-refractivity contribution in [3.05, 3.63) is 23.8 Å². The topological polar surface area (TPSA) is 96.9 Å². The largest absolute Gasteiger partial charge is 0.497 e. The minimum atomic E-state index is -1.12. The molecule has 0 spiro atoms. The Bertz CT molecular complexity index is 511. The predicted molar refractivity (Wildman–Crippen MR) is 71.3 cm³/mol. The lowest BCUT2D eigenvalue weighted by atomic mass is 10.1. The van der Waals surface area contributed by atoms with E-state index in [1.54, 1.807) is 0 Å². The number of benzene rings is 1. The molecule has 0 aromatic heterocycles. The number of carboxylic acids is 1. The van der Waals surface area contributed by atoms with Gasteiger partial charge in [0.15, 0.2) is 0 Å². The third kappa shape index (κ3) is 3.39. The number of carboxylic acid groups (broad SMARTS) is 1. The Morgan fingerprint density at radius 3 is 2.85 bits per heavy atom. The number of aromatic carboxylic acids is 1. The molecule has 1 atom stereocenters. The lowest BCUT2D eigenvalue weighted by Gasteiger charge is -2.14. The molecule has 1 aliphatic heterocycles. The molecule has 0 saturated carbocycles. The fourth-order valence-corrected chi connectivity index (χ4v) is 1.93. The van der Waals surface area contributed by atoms with Gasteiger partial charge in [-0.05, 0) is 18.6 Å².